The predicted molar refractivity (Wildman–Crippen MR) is 59.4 cm³/mol. The van der Waals surface area contributed by atoms with Crippen molar-refractivity contribution in [2.45, 2.75) is 25.2 Å². The number of rotatable bonds is 2. The third kappa shape index (κ3) is 1.92. The lowest BCUT2D eigenvalue weighted by molar-refractivity contribution is -0.384. The normalized spacial score (nSPS) is 31.4. The van der Waals surface area contributed by atoms with Crippen LogP contribution in [0.2, 0.25) is 0 Å². The van der Waals surface area contributed by atoms with E-state index in [1.807, 2.05) is 0 Å². The Morgan fingerprint density at radius 2 is 2.06 bits per heavy atom. The summed E-state index contributed by atoms with van der Waals surface area (Å²) in [6, 6.07) is 6.58. The van der Waals surface area contributed by atoms with Gasteiger partial charge in [-0.3, -0.25) is 10.1 Å². The van der Waals surface area contributed by atoms with E-state index in [1.54, 1.807) is 12.1 Å². The summed E-state index contributed by atoms with van der Waals surface area (Å²) in [7, 11) is 0. The fraction of sp³-hybridized carbons (Fsp3) is 0.500. The maximum atomic E-state index is 10.5. The summed E-state index contributed by atoms with van der Waals surface area (Å²) in [4.78, 5) is 10.2. The average Bonchev–Trinajstić information content (AvgIpc) is 2.89. The predicted octanol–water partition coefficient (Wildman–Crippen LogP) is 2.42. The first-order valence-electron chi connectivity index (χ1n) is 5.75. The van der Waals surface area contributed by atoms with E-state index in [2.05, 4.69) is 0 Å². The minimum absolute atomic E-state index is 0.0195. The van der Waals surface area contributed by atoms with E-state index in [4.69, 9.17) is 9.47 Å². The molecule has 3 atom stereocenters. The van der Waals surface area contributed by atoms with E-state index in [-0.39, 0.29) is 18.1 Å². The second-order valence-corrected chi connectivity index (χ2v) is 4.50. The Morgan fingerprint density at radius 3 is 2.71 bits per heavy atom. The molecule has 2 fully saturated rings. The lowest BCUT2D eigenvalue weighted by Gasteiger charge is -2.12. The van der Waals surface area contributed by atoms with Gasteiger partial charge in [-0.05, 0) is 30.5 Å². The molecule has 5 heteroatoms. The van der Waals surface area contributed by atoms with E-state index in [9.17, 15) is 10.1 Å². The first-order chi connectivity index (χ1) is 8.24. The van der Waals surface area contributed by atoms with E-state index in [1.165, 1.54) is 12.1 Å². The Bertz CT molecular complexity index is 419. The molecule has 1 aromatic carbocycles. The second kappa shape index (κ2) is 4.09. The van der Waals surface area contributed by atoms with Crippen LogP contribution in [0.5, 0.6) is 0 Å². The lowest BCUT2D eigenvalue weighted by atomic mass is 9.98. The van der Waals surface area contributed by atoms with Crippen molar-refractivity contribution in [3.8, 4) is 0 Å². The van der Waals surface area contributed by atoms with Crippen LogP contribution in [0.3, 0.4) is 0 Å². The smallest absolute Gasteiger partial charge is 0.269 e. The van der Waals surface area contributed by atoms with E-state index >= 15 is 0 Å². The largest absolute Gasteiger partial charge is 0.352 e. The molecule has 3 rings (SSSR count). The molecule has 0 bridgehead atoms. The SMILES string of the molecule is O=[N+]([O-])c1ccc(C2CC3CCOC3O2)cc1. The zero-order chi connectivity index (χ0) is 11.8. The summed E-state index contributed by atoms with van der Waals surface area (Å²) in [5, 5.41) is 10.5. The van der Waals surface area contributed by atoms with Crippen molar-refractivity contribution in [1.29, 1.82) is 0 Å². The van der Waals surface area contributed by atoms with Gasteiger partial charge in [-0.25, -0.2) is 0 Å². The molecule has 2 aliphatic heterocycles. The molecule has 3 unspecified atom stereocenters. The Kier molecular flexibility index (Phi) is 2.57. The van der Waals surface area contributed by atoms with Crippen molar-refractivity contribution in [1.82, 2.24) is 0 Å². The number of nitro groups is 1. The first kappa shape index (κ1) is 10.7. The number of fused-ring (bicyclic) bond motifs is 1. The molecule has 0 saturated carbocycles. The average molecular weight is 235 g/mol. The number of hydrogen-bond donors (Lipinski definition) is 0. The van der Waals surface area contributed by atoms with Crippen LogP contribution in [0.4, 0.5) is 5.69 Å². The van der Waals surface area contributed by atoms with Gasteiger partial charge in [-0.1, -0.05) is 0 Å². The van der Waals surface area contributed by atoms with Crippen LogP contribution in [-0.4, -0.2) is 17.8 Å². The van der Waals surface area contributed by atoms with Gasteiger partial charge < -0.3 is 9.47 Å². The summed E-state index contributed by atoms with van der Waals surface area (Å²) in [5.74, 6) is 0.482. The molecular formula is C12H13NO4. The Labute approximate surface area is 98.5 Å². The molecule has 90 valence electrons. The second-order valence-electron chi connectivity index (χ2n) is 4.50. The highest BCUT2D eigenvalue weighted by Crippen LogP contribution is 2.42. The van der Waals surface area contributed by atoms with E-state index in [0.717, 1.165) is 25.0 Å². The van der Waals surface area contributed by atoms with Crippen LogP contribution in [0, 0.1) is 16.0 Å². The van der Waals surface area contributed by atoms with Gasteiger partial charge in [0.25, 0.3) is 5.69 Å². The summed E-state index contributed by atoms with van der Waals surface area (Å²) in [5.41, 5.74) is 1.11. The number of non-ortho nitro benzene ring substituents is 1. The Morgan fingerprint density at radius 1 is 1.29 bits per heavy atom. The van der Waals surface area contributed by atoms with Crippen LogP contribution in [0.15, 0.2) is 24.3 Å². The van der Waals surface area contributed by atoms with Gasteiger partial charge in [0.1, 0.15) is 0 Å². The summed E-state index contributed by atoms with van der Waals surface area (Å²) >= 11 is 0. The summed E-state index contributed by atoms with van der Waals surface area (Å²) in [6.45, 7) is 0.780. The van der Waals surface area contributed by atoms with E-state index in [0.29, 0.717) is 5.92 Å². The molecule has 0 aliphatic carbocycles. The van der Waals surface area contributed by atoms with Gasteiger partial charge in [0.05, 0.1) is 17.6 Å². The number of ether oxygens (including phenoxy) is 2. The number of nitrogens with zero attached hydrogens (tertiary/aromatic N) is 1. The Hall–Kier alpha value is -1.46. The molecule has 2 saturated heterocycles. The first-order valence-corrected chi connectivity index (χ1v) is 5.75. The maximum Gasteiger partial charge on any atom is 0.269 e. The minimum Gasteiger partial charge on any atom is -0.352 e. The van der Waals surface area contributed by atoms with Gasteiger partial charge in [0.15, 0.2) is 6.29 Å². The van der Waals surface area contributed by atoms with Crippen LogP contribution in [-0.2, 0) is 9.47 Å². The third-order valence-electron chi connectivity index (χ3n) is 3.45. The fourth-order valence-corrected chi connectivity index (χ4v) is 2.50. The van der Waals surface area contributed by atoms with Crippen LogP contribution in [0.25, 0.3) is 0 Å². The number of nitro benzene ring substituents is 1. The topological polar surface area (TPSA) is 61.6 Å². The summed E-state index contributed by atoms with van der Waals surface area (Å²) < 4.78 is 11.2. The van der Waals surface area contributed by atoms with Crippen LogP contribution >= 0.6 is 0 Å². The van der Waals surface area contributed by atoms with Crippen molar-refractivity contribution in [3.05, 3.63) is 39.9 Å². The minimum atomic E-state index is -0.392. The van der Waals surface area contributed by atoms with Crippen molar-refractivity contribution < 1.29 is 14.4 Å². The molecule has 17 heavy (non-hydrogen) atoms. The van der Waals surface area contributed by atoms with Gasteiger partial charge >= 0.3 is 0 Å². The number of hydrogen-bond acceptors (Lipinski definition) is 4. The molecule has 0 spiro atoms. The maximum absolute atomic E-state index is 10.5. The van der Waals surface area contributed by atoms with E-state index < -0.39 is 4.92 Å². The zero-order valence-corrected chi connectivity index (χ0v) is 9.24. The molecule has 2 heterocycles. The third-order valence-corrected chi connectivity index (χ3v) is 3.45. The monoisotopic (exact) mass is 235 g/mol. The number of benzene rings is 1. The highest BCUT2D eigenvalue weighted by atomic mass is 16.7. The molecule has 0 radical (unpaired) electrons. The standard InChI is InChI=1S/C12H13NO4/c14-13(15)10-3-1-8(2-4-10)11-7-9-5-6-16-12(9)17-11/h1-4,9,11-12H,5-7H2. The van der Waals surface area contributed by atoms with Gasteiger partial charge in [-0.15, -0.1) is 0 Å². The highest BCUT2D eigenvalue weighted by Gasteiger charge is 2.40. The Balaban J connectivity index is 1.75. The van der Waals surface area contributed by atoms with Gasteiger partial charge in [-0.2, -0.15) is 0 Å². The van der Waals surface area contributed by atoms with Crippen molar-refractivity contribution in [2.24, 2.45) is 5.92 Å². The van der Waals surface area contributed by atoms with Crippen LogP contribution in [0.1, 0.15) is 24.5 Å². The zero-order valence-electron chi connectivity index (χ0n) is 9.24. The molecule has 0 amide bonds. The molecule has 1 aromatic rings. The van der Waals surface area contributed by atoms with Crippen LogP contribution < -0.4 is 0 Å². The molecular weight excluding hydrogens is 222 g/mol. The molecule has 0 N–H and O–H groups in total. The quantitative estimate of drug-likeness (QED) is 0.583. The molecule has 2 aliphatic rings. The fourth-order valence-electron chi connectivity index (χ4n) is 2.50. The molecule has 0 aromatic heterocycles. The molecule has 5 nitrogen and oxygen atoms in total. The van der Waals surface area contributed by atoms with Gasteiger partial charge in [0.2, 0.25) is 0 Å². The highest BCUT2D eigenvalue weighted by molar-refractivity contribution is 5.34. The van der Waals surface area contributed by atoms with Crippen molar-refractivity contribution in [2.75, 3.05) is 6.61 Å². The van der Waals surface area contributed by atoms with Gasteiger partial charge in [0, 0.05) is 18.1 Å². The summed E-state index contributed by atoms with van der Waals surface area (Å²) in [6.07, 6.45) is 1.94. The van der Waals surface area contributed by atoms with Crippen molar-refractivity contribution >= 4 is 5.69 Å². The lowest BCUT2D eigenvalue weighted by Crippen LogP contribution is -2.09. The van der Waals surface area contributed by atoms with Crippen molar-refractivity contribution in [3.63, 3.8) is 0 Å².